The SMILES string of the molecule is Cl.N[C@@H](c1ccccc1OCc1ccccc1)[C@H](O)C1CC1. The van der Waals surface area contributed by atoms with Gasteiger partial charge in [-0.25, -0.2) is 0 Å². The Morgan fingerprint density at radius 1 is 1.05 bits per heavy atom. The monoisotopic (exact) mass is 319 g/mol. The summed E-state index contributed by atoms with van der Waals surface area (Å²) in [5.41, 5.74) is 8.22. The van der Waals surface area contributed by atoms with Gasteiger partial charge in [-0.15, -0.1) is 12.4 Å². The Balaban J connectivity index is 0.00000176. The zero-order chi connectivity index (χ0) is 14.7. The quantitative estimate of drug-likeness (QED) is 0.857. The van der Waals surface area contributed by atoms with Gasteiger partial charge in [0, 0.05) is 5.56 Å². The third kappa shape index (κ3) is 4.01. The summed E-state index contributed by atoms with van der Waals surface area (Å²) in [6.07, 6.45) is 1.66. The summed E-state index contributed by atoms with van der Waals surface area (Å²) in [6, 6.07) is 17.4. The number of para-hydroxylation sites is 1. The van der Waals surface area contributed by atoms with E-state index < -0.39 is 6.10 Å². The van der Waals surface area contributed by atoms with E-state index in [-0.39, 0.29) is 18.4 Å². The first-order valence-corrected chi connectivity index (χ1v) is 7.45. The first kappa shape index (κ1) is 16.8. The second-order valence-corrected chi connectivity index (χ2v) is 5.67. The highest BCUT2D eigenvalue weighted by molar-refractivity contribution is 5.85. The highest BCUT2D eigenvalue weighted by Gasteiger charge is 2.35. The number of aliphatic hydroxyl groups is 1. The van der Waals surface area contributed by atoms with Crippen LogP contribution < -0.4 is 10.5 Å². The molecular formula is C18H22ClNO2. The van der Waals surface area contributed by atoms with Crippen LogP contribution in [0.15, 0.2) is 54.6 Å². The molecule has 0 amide bonds. The van der Waals surface area contributed by atoms with E-state index in [1.165, 1.54) is 0 Å². The molecule has 0 aliphatic heterocycles. The number of halogens is 1. The van der Waals surface area contributed by atoms with Gasteiger partial charge < -0.3 is 15.6 Å². The van der Waals surface area contributed by atoms with Crippen LogP contribution in [0.2, 0.25) is 0 Å². The van der Waals surface area contributed by atoms with E-state index in [0.717, 1.165) is 29.7 Å². The molecule has 0 aromatic heterocycles. The zero-order valence-electron chi connectivity index (χ0n) is 12.4. The number of benzene rings is 2. The van der Waals surface area contributed by atoms with Gasteiger partial charge in [0.25, 0.3) is 0 Å². The van der Waals surface area contributed by atoms with E-state index in [1.54, 1.807) is 0 Å². The van der Waals surface area contributed by atoms with Crippen molar-refractivity contribution in [1.82, 2.24) is 0 Å². The maximum Gasteiger partial charge on any atom is 0.124 e. The first-order chi connectivity index (χ1) is 10.3. The minimum atomic E-state index is -0.480. The molecule has 0 heterocycles. The van der Waals surface area contributed by atoms with Crippen molar-refractivity contribution in [3.05, 3.63) is 65.7 Å². The topological polar surface area (TPSA) is 55.5 Å². The van der Waals surface area contributed by atoms with Gasteiger partial charge >= 0.3 is 0 Å². The fraction of sp³-hybridized carbons (Fsp3) is 0.333. The zero-order valence-corrected chi connectivity index (χ0v) is 13.2. The molecule has 1 aliphatic carbocycles. The van der Waals surface area contributed by atoms with Crippen LogP contribution in [-0.2, 0) is 6.61 Å². The summed E-state index contributed by atoms with van der Waals surface area (Å²) in [6.45, 7) is 0.504. The molecule has 0 saturated heterocycles. The van der Waals surface area contributed by atoms with E-state index >= 15 is 0 Å². The van der Waals surface area contributed by atoms with Gasteiger partial charge in [-0.2, -0.15) is 0 Å². The van der Waals surface area contributed by atoms with Crippen LogP contribution in [-0.4, -0.2) is 11.2 Å². The third-order valence-corrected chi connectivity index (χ3v) is 3.99. The lowest BCUT2D eigenvalue weighted by atomic mass is 9.98. The summed E-state index contributed by atoms with van der Waals surface area (Å²) in [4.78, 5) is 0. The van der Waals surface area contributed by atoms with Gasteiger partial charge in [-0.05, 0) is 30.4 Å². The molecule has 22 heavy (non-hydrogen) atoms. The second kappa shape index (κ2) is 7.63. The lowest BCUT2D eigenvalue weighted by Crippen LogP contribution is -2.28. The normalized spacial score (nSPS) is 16.5. The minimum Gasteiger partial charge on any atom is -0.489 e. The van der Waals surface area contributed by atoms with Crippen molar-refractivity contribution >= 4 is 12.4 Å². The van der Waals surface area contributed by atoms with Crippen LogP contribution in [0.1, 0.15) is 30.0 Å². The maximum atomic E-state index is 10.2. The molecular weight excluding hydrogens is 298 g/mol. The predicted molar refractivity (Wildman–Crippen MR) is 90.1 cm³/mol. The Kier molecular flexibility index (Phi) is 5.83. The average Bonchev–Trinajstić information content (AvgIpc) is 3.38. The number of hydrogen-bond acceptors (Lipinski definition) is 3. The number of aliphatic hydroxyl groups excluding tert-OH is 1. The molecule has 0 radical (unpaired) electrons. The number of hydrogen-bond donors (Lipinski definition) is 2. The fourth-order valence-corrected chi connectivity index (χ4v) is 2.54. The summed E-state index contributed by atoms with van der Waals surface area (Å²) in [5.74, 6) is 1.11. The van der Waals surface area contributed by atoms with Crippen molar-refractivity contribution in [2.45, 2.75) is 31.6 Å². The predicted octanol–water partition coefficient (Wildman–Crippen LogP) is 3.46. The molecule has 1 saturated carbocycles. The fourth-order valence-electron chi connectivity index (χ4n) is 2.54. The summed E-state index contributed by atoms with van der Waals surface area (Å²) in [7, 11) is 0. The second-order valence-electron chi connectivity index (χ2n) is 5.67. The highest BCUT2D eigenvalue weighted by Crippen LogP contribution is 2.39. The lowest BCUT2D eigenvalue weighted by Gasteiger charge is -2.21. The Hall–Kier alpha value is -1.55. The van der Waals surface area contributed by atoms with Gasteiger partial charge in [0.1, 0.15) is 12.4 Å². The Labute approximate surface area is 137 Å². The smallest absolute Gasteiger partial charge is 0.124 e. The Morgan fingerprint density at radius 3 is 2.36 bits per heavy atom. The number of ether oxygens (including phenoxy) is 1. The molecule has 2 atom stereocenters. The lowest BCUT2D eigenvalue weighted by molar-refractivity contribution is 0.120. The largest absolute Gasteiger partial charge is 0.489 e. The first-order valence-electron chi connectivity index (χ1n) is 7.45. The molecule has 1 fully saturated rings. The van der Waals surface area contributed by atoms with Crippen molar-refractivity contribution in [2.75, 3.05) is 0 Å². The summed E-state index contributed by atoms with van der Waals surface area (Å²) >= 11 is 0. The van der Waals surface area contributed by atoms with Crippen molar-refractivity contribution in [1.29, 1.82) is 0 Å². The average molecular weight is 320 g/mol. The van der Waals surface area contributed by atoms with Crippen molar-refractivity contribution in [3.63, 3.8) is 0 Å². The van der Waals surface area contributed by atoms with Gasteiger partial charge in [-0.3, -0.25) is 0 Å². The van der Waals surface area contributed by atoms with E-state index in [2.05, 4.69) is 0 Å². The molecule has 1 aliphatic rings. The van der Waals surface area contributed by atoms with E-state index in [4.69, 9.17) is 10.5 Å². The van der Waals surface area contributed by atoms with Crippen molar-refractivity contribution in [3.8, 4) is 5.75 Å². The molecule has 118 valence electrons. The van der Waals surface area contributed by atoms with Gasteiger partial charge in [0.05, 0.1) is 12.1 Å². The van der Waals surface area contributed by atoms with Gasteiger partial charge in [0.15, 0.2) is 0 Å². The molecule has 2 aromatic rings. The van der Waals surface area contributed by atoms with E-state index in [9.17, 15) is 5.11 Å². The molecule has 2 aromatic carbocycles. The van der Waals surface area contributed by atoms with E-state index in [1.807, 2.05) is 54.6 Å². The van der Waals surface area contributed by atoms with Crippen LogP contribution in [0.25, 0.3) is 0 Å². The van der Waals surface area contributed by atoms with Crippen LogP contribution in [0.3, 0.4) is 0 Å². The van der Waals surface area contributed by atoms with Crippen LogP contribution in [0, 0.1) is 5.92 Å². The molecule has 3 N–H and O–H groups in total. The highest BCUT2D eigenvalue weighted by atomic mass is 35.5. The third-order valence-electron chi connectivity index (χ3n) is 3.99. The molecule has 3 nitrogen and oxygen atoms in total. The molecule has 0 unspecified atom stereocenters. The summed E-state index contributed by atoms with van der Waals surface area (Å²) in [5, 5.41) is 10.2. The molecule has 0 spiro atoms. The number of nitrogens with two attached hydrogens (primary N) is 1. The molecule has 4 heteroatoms. The molecule has 3 rings (SSSR count). The van der Waals surface area contributed by atoms with E-state index in [0.29, 0.717) is 12.5 Å². The maximum absolute atomic E-state index is 10.2. The number of rotatable bonds is 6. The Morgan fingerprint density at radius 2 is 1.68 bits per heavy atom. The van der Waals surface area contributed by atoms with Gasteiger partial charge in [-0.1, -0.05) is 48.5 Å². The van der Waals surface area contributed by atoms with Crippen molar-refractivity contribution in [2.24, 2.45) is 11.7 Å². The van der Waals surface area contributed by atoms with Crippen LogP contribution in [0.4, 0.5) is 0 Å². The molecule has 0 bridgehead atoms. The van der Waals surface area contributed by atoms with Crippen molar-refractivity contribution < 1.29 is 9.84 Å². The Bertz CT molecular complexity index is 587. The van der Waals surface area contributed by atoms with Crippen LogP contribution >= 0.6 is 12.4 Å². The van der Waals surface area contributed by atoms with Gasteiger partial charge in [0.2, 0.25) is 0 Å². The standard InChI is InChI=1S/C18H21NO2.ClH/c19-17(18(20)14-10-11-14)15-8-4-5-9-16(15)21-12-13-6-2-1-3-7-13;/h1-9,14,17-18,20H,10-12,19H2;1H/t17-,18+;/m0./s1. The summed E-state index contributed by atoms with van der Waals surface area (Å²) < 4.78 is 5.90. The van der Waals surface area contributed by atoms with Crippen LogP contribution in [0.5, 0.6) is 5.75 Å². The minimum absolute atomic E-state index is 0.